The predicted molar refractivity (Wildman–Crippen MR) is 267 cm³/mol. The zero-order chi connectivity index (χ0) is 59.5. The van der Waals surface area contributed by atoms with Crippen molar-refractivity contribution in [3.05, 3.63) is 117 Å². The van der Waals surface area contributed by atoms with Gasteiger partial charge >= 0.3 is 166 Å². The minimum absolute atomic E-state index is 0. The van der Waals surface area contributed by atoms with Crippen molar-refractivity contribution in [3.8, 4) is 0 Å². The van der Waals surface area contributed by atoms with Crippen molar-refractivity contribution >= 4 is 89.4 Å². The van der Waals surface area contributed by atoms with Crippen molar-refractivity contribution in [2.75, 3.05) is 54.9 Å². The van der Waals surface area contributed by atoms with Crippen LogP contribution in [-0.2, 0) is 96.4 Å². The summed E-state index contributed by atoms with van der Waals surface area (Å²) in [5, 5.41) is 0. The summed E-state index contributed by atoms with van der Waals surface area (Å²) in [6, 6.07) is 13.3. The van der Waals surface area contributed by atoms with E-state index in [2.05, 4.69) is 18.9 Å². The molecule has 4 rings (SSSR count). The van der Waals surface area contributed by atoms with Crippen molar-refractivity contribution < 1.29 is 248 Å². The van der Waals surface area contributed by atoms with Gasteiger partial charge in [-0.05, 0) is 108 Å². The number of esters is 8. The number of ether oxygens (including phenoxy) is 8. The standard InChI is InChI=1S/2C12H14O7S.2C12H13O6S.4Na.2H2O/c2*1-3-6-19-12(14)9-5-4-8(11(13)18-2)7-10(9)20(15,16)17;2*1-3-6-18-11(13)8-4-5-9(12(14)17-2)10(7-8)19(15)16;;;;;;/h2*4-5,7H,3,6H2,1-2H3,(H,15,16,17);2*4-5,7H,3,6H2,1-2H3;;;;;2*1H2/q;;2*-1;4*+1;;/p-4. The monoisotopic (exact) mass is 1300 g/mol. The van der Waals surface area contributed by atoms with Crippen molar-refractivity contribution in [2.45, 2.75) is 73.0 Å². The summed E-state index contributed by atoms with van der Waals surface area (Å²) in [7, 11) is -10.7. The molecular formula is C48H54Na4O28S4-2. The Morgan fingerprint density at radius 1 is 0.369 bits per heavy atom. The van der Waals surface area contributed by atoms with E-state index in [9.17, 15) is 81.1 Å². The number of carbonyl (C=O) groups excluding carboxylic acids is 8. The molecule has 0 spiro atoms. The third-order valence-electron chi connectivity index (χ3n) is 9.14. The number of methoxy groups -OCH3 is 4. The van der Waals surface area contributed by atoms with Crippen LogP contribution in [0.3, 0.4) is 0 Å². The van der Waals surface area contributed by atoms with Gasteiger partial charge in [0.05, 0.1) is 98.0 Å². The van der Waals surface area contributed by atoms with Gasteiger partial charge in [-0.15, -0.1) is 0 Å². The van der Waals surface area contributed by atoms with E-state index >= 15 is 0 Å². The Bertz CT molecular complexity index is 3010. The molecule has 4 aromatic rings. The fourth-order valence-electron chi connectivity index (χ4n) is 5.52. The summed E-state index contributed by atoms with van der Waals surface area (Å²) in [4.78, 5) is 89.7. The van der Waals surface area contributed by atoms with Crippen LogP contribution in [0.4, 0.5) is 0 Å². The van der Waals surface area contributed by atoms with E-state index in [-0.39, 0.29) is 199 Å². The van der Waals surface area contributed by atoms with E-state index < -0.39 is 110 Å². The Kier molecular flexibility index (Phi) is 50.6. The molecule has 2 N–H and O–H groups in total. The van der Waals surface area contributed by atoms with E-state index in [1.54, 1.807) is 13.8 Å². The van der Waals surface area contributed by atoms with Crippen LogP contribution in [0.1, 0.15) is 136 Å². The molecular weight excluding hydrogens is 1240 g/mol. The summed E-state index contributed by atoms with van der Waals surface area (Å²) >= 11 is 0. The summed E-state index contributed by atoms with van der Waals surface area (Å²) in [6.45, 7) is 7.88. The van der Waals surface area contributed by atoms with Crippen molar-refractivity contribution in [3.63, 3.8) is 0 Å². The van der Waals surface area contributed by atoms with Gasteiger partial charge in [-0.1, -0.05) is 49.6 Å². The second-order valence-electron chi connectivity index (χ2n) is 14.7. The average Bonchev–Trinajstić information content (AvgIpc) is 3.42. The molecule has 0 aliphatic rings. The Hall–Kier alpha value is -3.72. The Balaban J connectivity index is -0.000000236. The molecule has 4 aromatic carbocycles. The molecule has 84 heavy (non-hydrogen) atoms. The first-order valence-corrected chi connectivity index (χ1v) is 27.3. The molecule has 0 heterocycles. The molecule has 0 saturated heterocycles. The minimum atomic E-state index is -4.93. The molecule has 0 fully saturated rings. The maximum atomic E-state index is 11.7. The van der Waals surface area contributed by atoms with Crippen molar-refractivity contribution in [1.29, 1.82) is 0 Å². The first-order valence-electron chi connectivity index (χ1n) is 22.3. The molecule has 28 nitrogen and oxygen atoms in total. The fourth-order valence-corrected chi connectivity index (χ4v) is 8.01. The predicted octanol–water partition coefficient (Wildman–Crippen LogP) is -7.03. The van der Waals surface area contributed by atoms with Gasteiger partial charge in [-0.2, -0.15) is 0 Å². The van der Waals surface area contributed by atoms with Crippen molar-refractivity contribution in [2.24, 2.45) is 0 Å². The second-order valence-corrected chi connectivity index (χ2v) is 19.2. The van der Waals surface area contributed by atoms with Crippen LogP contribution in [-0.4, -0.2) is 140 Å². The number of hydrogen-bond acceptors (Lipinski definition) is 30. The molecule has 0 aliphatic heterocycles. The topological polar surface area (TPSA) is 453 Å². The number of carbonyl (C=O) groups is 8. The smallest absolute Gasteiger partial charge is 0.870 e. The third-order valence-corrected chi connectivity index (χ3v) is 12.3. The van der Waals surface area contributed by atoms with Gasteiger partial charge in [0.1, 0.15) is 20.2 Å². The molecule has 36 heteroatoms. The van der Waals surface area contributed by atoms with E-state index in [0.717, 1.165) is 64.8 Å². The second kappa shape index (κ2) is 46.4. The Morgan fingerprint density at radius 2 is 0.595 bits per heavy atom. The van der Waals surface area contributed by atoms with Gasteiger partial charge in [-0.3, -0.25) is 0 Å². The van der Waals surface area contributed by atoms with Gasteiger partial charge in [0, 0.05) is 11.1 Å². The van der Waals surface area contributed by atoms with Gasteiger partial charge in [-0.25, -0.2) is 55.2 Å². The molecule has 0 saturated carbocycles. The molecule has 444 valence electrons. The molecule has 0 radical (unpaired) electrons. The maximum absolute atomic E-state index is 11.7. The molecule has 0 aliphatic carbocycles. The zero-order valence-electron chi connectivity index (χ0n) is 47.7. The fraction of sp³-hybridized carbons (Fsp3) is 0.333. The van der Waals surface area contributed by atoms with Gasteiger partial charge in [0.15, 0.2) is 0 Å². The van der Waals surface area contributed by atoms with Gasteiger partial charge < -0.3 is 74.8 Å². The number of benzene rings is 4. The first kappa shape index (κ1) is 91.5. The largest absolute Gasteiger partial charge is 1.00 e. The third kappa shape index (κ3) is 30.3. The maximum Gasteiger partial charge on any atom is 1.00 e. The molecule has 0 bridgehead atoms. The van der Waals surface area contributed by atoms with Crippen molar-refractivity contribution in [1.82, 2.24) is 0 Å². The zero-order valence-corrected chi connectivity index (χ0v) is 59.0. The summed E-state index contributed by atoms with van der Waals surface area (Å²) in [6.07, 6.45) is 2.41. The van der Waals surface area contributed by atoms with E-state index in [1.165, 1.54) is 36.4 Å². The van der Waals surface area contributed by atoms with Gasteiger partial charge in [0.2, 0.25) is 0 Å². The quantitative estimate of drug-likeness (QED) is 0.0261. The molecule has 0 amide bonds. The molecule has 0 atom stereocenters. The number of hydrogen-bond donors (Lipinski definition) is 0. The summed E-state index contributed by atoms with van der Waals surface area (Å²) in [5.41, 5.74) is -1.20. The minimum Gasteiger partial charge on any atom is -0.870 e. The van der Waals surface area contributed by atoms with Crippen LogP contribution in [0.25, 0.3) is 0 Å². The average molecular weight is 1300 g/mol. The number of rotatable bonds is 20. The normalized spacial score (nSPS) is 9.86. The molecule has 0 unspecified atom stereocenters. The summed E-state index contributed by atoms with van der Waals surface area (Å²) in [5.74, 6) is -6.34. The Labute approximate surface area is 576 Å². The summed E-state index contributed by atoms with van der Waals surface area (Å²) < 4.78 is 148. The van der Waals surface area contributed by atoms with Crippen LogP contribution in [0.5, 0.6) is 0 Å². The van der Waals surface area contributed by atoms with Crippen LogP contribution in [0, 0.1) is 0 Å². The van der Waals surface area contributed by atoms with Crippen LogP contribution in [0.15, 0.2) is 92.4 Å². The van der Waals surface area contributed by atoms with E-state index in [1.807, 2.05) is 13.8 Å². The van der Waals surface area contributed by atoms with Crippen LogP contribution >= 0.6 is 0 Å². The first-order chi connectivity index (χ1) is 36.6. The SMILES string of the molecule is CCCOC(=O)c1ccc(C(=O)OC)c([S-](=O)=O)c1.CCCOC(=O)c1ccc(C(=O)OC)c([S-](=O)=O)c1.CCCOC(=O)c1ccc(C(=O)OC)cc1S(=O)(=O)[O-].CCCOC(=O)c1ccc(C(=O)OC)cc1S(=O)(=O)[O-].[Na+].[Na+].[Na+].[Na+].[OH-].[OH-]. The van der Waals surface area contributed by atoms with Gasteiger partial charge in [0.25, 0.3) is 0 Å². The van der Waals surface area contributed by atoms with Crippen LogP contribution in [0.2, 0.25) is 0 Å². The van der Waals surface area contributed by atoms with E-state index in [0.29, 0.717) is 25.7 Å². The Morgan fingerprint density at radius 3 is 0.810 bits per heavy atom. The molecule has 0 aromatic heterocycles. The van der Waals surface area contributed by atoms with E-state index in [4.69, 9.17) is 18.9 Å². The van der Waals surface area contributed by atoms with Crippen LogP contribution < -0.4 is 118 Å².